The smallest absolute Gasteiger partial charge is 0.415 e. The summed E-state index contributed by atoms with van der Waals surface area (Å²) >= 11 is 0. The van der Waals surface area contributed by atoms with Crippen LogP contribution in [0.4, 0.5) is 14.9 Å². The molecule has 1 fully saturated rings. The molecule has 6 nitrogen and oxygen atoms in total. The Bertz CT molecular complexity index is 1230. The molecule has 1 aliphatic heterocycles. The van der Waals surface area contributed by atoms with E-state index in [1.54, 1.807) is 30.2 Å². The van der Waals surface area contributed by atoms with E-state index in [0.29, 0.717) is 29.4 Å². The van der Waals surface area contributed by atoms with Crippen molar-refractivity contribution < 1.29 is 28.2 Å². The Labute approximate surface area is 209 Å². The topological polar surface area (TPSA) is 65.1 Å². The number of halogens is 1. The summed E-state index contributed by atoms with van der Waals surface area (Å²) in [6, 6.07) is 19.3. The minimum atomic E-state index is -0.774. The Hall–Kier alpha value is -4.13. The fourth-order valence-corrected chi connectivity index (χ4v) is 4.04. The van der Waals surface area contributed by atoms with E-state index in [2.05, 4.69) is 6.92 Å². The van der Waals surface area contributed by atoms with Crippen LogP contribution in [0.5, 0.6) is 11.5 Å². The number of hydrogen-bond donors (Lipinski definition) is 0. The molecule has 0 aliphatic carbocycles. The summed E-state index contributed by atoms with van der Waals surface area (Å²) in [5, 5.41) is 0. The van der Waals surface area contributed by atoms with E-state index >= 15 is 0 Å². The molecule has 2 atom stereocenters. The average Bonchev–Trinajstić information content (AvgIpc) is 3.23. The predicted molar refractivity (Wildman–Crippen MR) is 135 cm³/mol. The van der Waals surface area contributed by atoms with Crippen LogP contribution >= 0.6 is 0 Å². The van der Waals surface area contributed by atoms with Gasteiger partial charge < -0.3 is 14.2 Å². The van der Waals surface area contributed by atoms with Gasteiger partial charge in [0.05, 0.1) is 13.7 Å². The van der Waals surface area contributed by atoms with Crippen molar-refractivity contribution in [3.8, 4) is 11.5 Å². The van der Waals surface area contributed by atoms with E-state index in [9.17, 15) is 14.0 Å². The zero-order valence-corrected chi connectivity index (χ0v) is 20.2. The van der Waals surface area contributed by atoms with Crippen molar-refractivity contribution in [1.82, 2.24) is 0 Å². The van der Waals surface area contributed by atoms with E-state index < -0.39 is 24.1 Å². The van der Waals surface area contributed by atoms with E-state index in [4.69, 9.17) is 14.2 Å². The number of rotatable bonds is 10. The number of anilines is 1. The van der Waals surface area contributed by atoms with Crippen LogP contribution < -0.4 is 14.4 Å². The maximum atomic E-state index is 13.3. The molecule has 0 bridgehead atoms. The summed E-state index contributed by atoms with van der Waals surface area (Å²) in [5.41, 5.74) is 1.72. The van der Waals surface area contributed by atoms with E-state index in [1.165, 1.54) is 30.3 Å². The molecular weight excluding hydrogens is 461 g/mol. The number of methoxy groups -OCH3 is 1. The molecule has 3 aromatic carbocycles. The summed E-state index contributed by atoms with van der Waals surface area (Å²) in [5.74, 6) is 0.460. The molecule has 0 radical (unpaired) electrons. The van der Waals surface area contributed by atoms with Crippen molar-refractivity contribution in [1.29, 1.82) is 0 Å². The molecule has 0 aromatic heterocycles. The molecular formula is C29H28FNO5. The molecule has 1 amide bonds. The Kier molecular flexibility index (Phi) is 8.00. The van der Waals surface area contributed by atoms with Crippen LogP contribution in [0, 0.1) is 5.82 Å². The second-order valence-electron chi connectivity index (χ2n) is 8.33. The van der Waals surface area contributed by atoms with Crippen molar-refractivity contribution in [3.63, 3.8) is 0 Å². The van der Waals surface area contributed by atoms with Gasteiger partial charge in [-0.2, -0.15) is 0 Å². The van der Waals surface area contributed by atoms with Crippen LogP contribution in [-0.2, 0) is 4.74 Å². The lowest BCUT2D eigenvalue weighted by Gasteiger charge is -2.26. The summed E-state index contributed by atoms with van der Waals surface area (Å²) < 4.78 is 30.5. The number of hydrogen-bond acceptors (Lipinski definition) is 5. The van der Waals surface area contributed by atoms with Crippen molar-refractivity contribution >= 4 is 17.6 Å². The van der Waals surface area contributed by atoms with Crippen LogP contribution in [0.2, 0.25) is 0 Å². The summed E-state index contributed by atoms with van der Waals surface area (Å²) in [6.07, 6.45) is 3.45. The fourth-order valence-electron chi connectivity index (χ4n) is 4.04. The van der Waals surface area contributed by atoms with Gasteiger partial charge in [0.2, 0.25) is 0 Å². The van der Waals surface area contributed by atoms with Gasteiger partial charge in [0.25, 0.3) is 0 Å². The zero-order valence-electron chi connectivity index (χ0n) is 20.2. The third-order valence-corrected chi connectivity index (χ3v) is 5.92. The summed E-state index contributed by atoms with van der Waals surface area (Å²) in [7, 11) is 1.58. The highest BCUT2D eigenvalue weighted by molar-refractivity contribution is 6.04. The highest BCUT2D eigenvalue weighted by Crippen LogP contribution is 2.42. The Balaban J connectivity index is 1.73. The highest BCUT2D eigenvalue weighted by Gasteiger charge is 2.44. The van der Waals surface area contributed by atoms with Crippen molar-refractivity contribution in [2.24, 2.45) is 0 Å². The van der Waals surface area contributed by atoms with Crippen LogP contribution in [0.25, 0.3) is 0 Å². The Morgan fingerprint density at radius 3 is 2.53 bits per heavy atom. The van der Waals surface area contributed by atoms with Crippen molar-refractivity contribution in [2.75, 3.05) is 18.6 Å². The van der Waals surface area contributed by atoms with Crippen LogP contribution in [-0.4, -0.2) is 31.7 Å². The quantitative estimate of drug-likeness (QED) is 0.184. The maximum absolute atomic E-state index is 13.3. The molecule has 3 aromatic rings. The largest absolute Gasteiger partial charge is 0.497 e. The minimum absolute atomic E-state index is 0.322. The first-order valence-corrected chi connectivity index (χ1v) is 11.9. The molecule has 1 heterocycles. The molecule has 1 saturated heterocycles. The molecule has 0 saturated carbocycles. The number of ketones is 1. The van der Waals surface area contributed by atoms with E-state index in [1.807, 2.05) is 36.4 Å². The number of nitrogens with zero attached hydrogens (tertiary/aromatic N) is 1. The lowest BCUT2D eigenvalue weighted by atomic mass is 9.97. The molecule has 0 unspecified atom stereocenters. The maximum Gasteiger partial charge on any atom is 0.415 e. The Morgan fingerprint density at radius 1 is 1.08 bits per heavy atom. The van der Waals surface area contributed by atoms with E-state index in [0.717, 1.165) is 18.4 Å². The van der Waals surface area contributed by atoms with E-state index in [-0.39, 0.29) is 5.78 Å². The number of benzene rings is 3. The Morgan fingerprint density at radius 2 is 1.83 bits per heavy atom. The first-order chi connectivity index (χ1) is 17.5. The number of cyclic esters (lactones) is 1. The van der Waals surface area contributed by atoms with Gasteiger partial charge in [-0.15, -0.1) is 0 Å². The third kappa shape index (κ3) is 5.57. The SMILES string of the molecule is CCCCOc1cc(OC)ccc1[C@@H]1[C@@H](/C=C/C(=O)c2ccc(F)cc2)OC(=O)N1c1ccccc1. The van der Waals surface area contributed by atoms with Crippen LogP contribution in [0.1, 0.15) is 41.7 Å². The fraction of sp³-hybridized carbons (Fsp3) is 0.241. The standard InChI is InChI=1S/C29H28FNO5/c1-3-4-18-35-27-19-23(34-2)14-15-24(27)28-26(17-16-25(32)20-10-12-21(30)13-11-20)36-29(33)31(28)22-8-6-5-7-9-22/h5-17,19,26,28H,3-4,18H2,1-2H3/b17-16+/t26-,28-/m1/s1. The zero-order chi connectivity index (χ0) is 25.5. The van der Waals surface area contributed by atoms with Gasteiger partial charge in [-0.1, -0.05) is 31.5 Å². The molecule has 36 heavy (non-hydrogen) atoms. The molecule has 7 heteroatoms. The number of allylic oxidation sites excluding steroid dienone is 1. The normalized spacial score (nSPS) is 17.3. The lowest BCUT2D eigenvalue weighted by Crippen LogP contribution is -2.29. The predicted octanol–water partition coefficient (Wildman–Crippen LogP) is 6.52. The average molecular weight is 490 g/mol. The van der Waals surface area contributed by atoms with Gasteiger partial charge >= 0.3 is 6.09 Å². The molecule has 0 N–H and O–H groups in total. The molecule has 4 rings (SSSR count). The first kappa shape index (κ1) is 25.0. The molecule has 186 valence electrons. The van der Waals surface area contributed by atoms with Crippen molar-refractivity contribution in [3.05, 3.63) is 102 Å². The minimum Gasteiger partial charge on any atom is -0.497 e. The number of para-hydroxylation sites is 1. The summed E-state index contributed by atoms with van der Waals surface area (Å²) in [6.45, 7) is 2.59. The van der Waals surface area contributed by atoms with Crippen LogP contribution in [0.15, 0.2) is 84.9 Å². The number of unbranched alkanes of at least 4 members (excludes halogenated alkanes) is 1. The first-order valence-electron chi connectivity index (χ1n) is 11.9. The molecule has 0 spiro atoms. The lowest BCUT2D eigenvalue weighted by molar-refractivity contribution is 0.104. The van der Waals surface area contributed by atoms with Gasteiger partial charge in [-0.25, -0.2) is 9.18 Å². The van der Waals surface area contributed by atoms with Gasteiger partial charge in [0.15, 0.2) is 5.78 Å². The highest BCUT2D eigenvalue weighted by atomic mass is 19.1. The van der Waals surface area contributed by atoms with Gasteiger partial charge in [0, 0.05) is 22.9 Å². The van der Waals surface area contributed by atoms with Gasteiger partial charge in [-0.3, -0.25) is 9.69 Å². The second-order valence-corrected chi connectivity index (χ2v) is 8.33. The number of amides is 1. The van der Waals surface area contributed by atoms with Crippen LogP contribution in [0.3, 0.4) is 0 Å². The monoisotopic (exact) mass is 489 g/mol. The summed E-state index contributed by atoms with van der Waals surface area (Å²) in [4.78, 5) is 27.4. The van der Waals surface area contributed by atoms with Crippen molar-refractivity contribution in [2.45, 2.75) is 31.9 Å². The number of ether oxygens (including phenoxy) is 3. The third-order valence-electron chi connectivity index (χ3n) is 5.92. The number of carbonyl (C=O) groups excluding carboxylic acids is 2. The second kappa shape index (κ2) is 11.5. The van der Waals surface area contributed by atoms with Gasteiger partial charge in [0.1, 0.15) is 29.5 Å². The van der Waals surface area contributed by atoms with Gasteiger partial charge in [-0.05, 0) is 67.1 Å². The molecule has 1 aliphatic rings. The number of carbonyl (C=O) groups is 2.